The summed E-state index contributed by atoms with van der Waals surface area (Å²) >= 11 is 1.49. The van der Waals surface area contributed by atoms with Crippen molar-refractivity contribution >= 4 is 32.7 Å². The van der Waals surface area contributed by atoms with Crippen LogP contribution in [0.5, 0.6) is 0 Å². The number of benzene rings is 2. The number of rotatable bonds is 3. The second kappa shape index (κ2) is 8.02. The molecule has 27 heavy (non-hydrogen) atoms. The minimum absolute atomic E-state index is 0.0994. The van der Waals surface area contributed by atoms with Crippen molar-refractivity contribution in [3.63, 3.8) is 0 Å². The molecule has 3 aromatic rings. The average Bonchev–Trinajstić information content (AvgIpc) is 2.93. The van der Waals surface area contributed by atoms with E-state index >= 15 is 0 Å². The van der Waals surface area contributed by atoms with Gasteiger partial charge < -0.3 is 4.90 Å². The molecule has 140 valence electrons. The Morgan fingerprint density at radius 2 is 1.89 bits per heavy atom. The zero-order chi connectivity index (χ0) is 18.6. The summed E-state index contributed by atoms with van der Waals surface area (Å²) in [7, 11) is 0. The molecule has 2 aromatic carbocycles. The fourth-order valence-electron chi connectivity index (χ4n) is 3.28. The van der Waals surface area contributed by atoms with E-state index in [-0.39, 0.29) is 11.8 Å². The van der Waals surface area contributed by atoms with Crippen molar-refractivity contribution in [2.24, 2.45) is 0 Å². The van der Waals surface area contributed by atoms with Crippen LogP contribution in [0.25, 0.3) is 10.2 Å². The van der Waals surface area contributed by atoms with E-state index in [2.05, 4.69) is 15.2 Å². The SMILES string of the molecule is O=C(Nc1nc2ccccc2s1)N1CCCN(Cc2ccc(F)cc2)CC1. The number of halogens is 1. The first-order chi connectivity index (χ1) is 13.2. The van der Waals surface area contributed by atoms with Crippen LogP contribution < -0.4 is 5.32 Å². The predicted molar refractivity (Wildman–Crippen MR) is 107 cm³/mol. The molecule has 0 aliphatic carbocycles. The van der Waals surface area contributed by atoms with E-state index in [4.69, 9.17) is 0 Å². The van der Waals surface area contributed by atoms with E-state index in [0.29, 0.717) is 11.7 Å². The van der Waals surface area contributed by atoms with Crippen molar-refractivity contribution in [1.82, 2.24) is 14.8 Å². The smallest absolute Gasteiger partial charge is 0.323 e. The molecule has 0 saturated carbocycles. The standard InChI is InChI=1S/C20H21FN4OS/c21-16-8-6-15(7-9-16)14-24-10-3-11-25(13-12-24)20(26)23-19-22-17-4-1-2-5-18(17)27-19/h1-2,4-9H,3,10-14H2,(H,22,23,26). The molecule has 1 aromatic heterocycles. The lowest BCUT2D eigenvalue weighted by Crippen LogP contribution is -2.38. The van der Waals surface area contributed by atoms with Crippen LogP contribution in [-0.4, -0.2) is 47.0 Å². The van der Waals surface area contributed by atoms with Crippen LogP contribution in [0.1, 0.15) is 12.0 Å². The maximum absolute atomic E-state index is 13.0. The minimum atomic E-state index is -0.215. The number of nitrogens with zero attached hydrogens (tertiary/aromatic N) is 3. The van der Waals surface area contributed by atoms with E-state index in [1.54, 1.807) is 0 Å². The van der Waals surface area contributed by atoms with Gasteiger partial charge in [-0.3, -0.25) is 10.2 Å². The quantitative estimate of drug-likeness (QED) is 0.737. The van der Waals surface area contributed by atoms with Crippen LogP contribution >= 0.6 is 11.3 Å². The van der Waals surface area contributed by atoms with Crippen molar-refractivity contribution in [2.45, 2.75) is 13.0 Å². The summed E-state index contributed by atoms with van der Waals surface area (Å²) in [5, 5.41) is 3.57. The third kappa shape index (κ3) is 4.43. The summed E-state index contributed by atoms with van der Waals surface area (Å²) in [5.74, 6) is -0.215. The normalized spacial score (nSPS) is 15.7. The van der Waals surface area contributed by atoms with Crippen LogP contribution in [0.15, 0.2) is 48.5 Å². The summed E-state index contributed by atoms with van der Waals surface area (Å²) in [6.45, 7) is 3.87. The van der Waals surface area contributed by atoms with Gasteiger partial charge in [-0.15, -0.1) is 0 Å². The van der Waals surface area contributed by atoms with Gasteiger partial charge in [0.05, 0.1) is 10.2 Å². The highest BCUT2D eigenvalue weighted by atomic mass is 32.1. The summed E-state index contributed by atoms with van der Waals surface area (Å²) in [5.41, 5.74) is 1.99. The number of aromatic nitrogens is 1. The van der Waals surface area contributed by atoms with Crippen LogP contribution in [0, 0.1) is 5.82 Å². The molecule has 7 heteroatoms. The van der Waals surface area contributed by atoms with Crippen molar-refractivity contribution in [3.8, 4) is 0 Å². The van der Waals surface area contributed by atoms with Crippen molar-refractivity contribution < 1.29 is 9.18 Å². The number of urea groups is 1. The van der Waals surface area contributed by atoms with Crippen LogP contribution in [0.4, 0.5) is 14.3 Å². The summed E-state index contributed by atoms with van der Waals surface area (Å²) in [6, 6.07) is 14.4. The number of nitrogens with one attached hydrogen (secondary N) is 1. The topological polar surface area (TPSA) is 48.5 Å². The molecular weight excluding hydrogens is 363 g/mol. The fourth-order valence-corrected chi connectivity index (χ4v) is 4.13. The van der Waals surface area contributed by atoms with E-state index in [0.717, 1.165) is 48.4 Å². The molecule has 0 spiro atoms. The molecule has 5 nitrogen and oxygen atoms in total. The number of carbonyl (C=O) groups is 1. The number of carbonyl (C=O) groups excluding carboxylic acids is 1. The lowest BCUT2D eigenvalue weighted by molar-refractivity contribution is 0.211. The monoisotopic (exact) mass is 384 g/mol. The molecule has 1 aliphatic rings. The van der Waals surface area contributed by atoms with Crippen LogP contribution in [0.2, 0.25) is 0 Å². The number of hydrogen-bond donors (Lipinski definition) is 1. The Balaban J connectivity index is 1.34. The molecule has 0 radical (unpaired) electrons. The zero-order valence-electron chi connectivity index (χ0n) is 14.9. The average molecular weight is 384 g/mol. The first-order valence-corrected chi connectivity index (χ1v) is 9.87. The molecular formula is C20H21FN4OS. The number of amides is 2. The van der Waals surface area contributed by atoms with Crippen molar-refractivity contribution in [3.05, 3.63) is 59.9 Å². The molecule has 4 rings (SSSR count). The zero-order valence-corrected chi connectivity index (χ0v) is 15.7. The van der Waals surface area contributed by atoms with Gasteiger partial charge in [0.2, 0.25) is 0 Å². The summed E-state index contributed by atoms with van der Waals surface area (Å²) in [6.07, 6.45) is 0.911. The second-order valence-electron chi connectivity index (χ2n) is 6.66. The van der Waals surface area contributed by atoms with Crippen LogP contribution in [0.3, 0.4) is 0 Å². The van der Waals surface area contributed by atoms with Gasteiger partial charge in [0.15, 0.2) is 5.13 Å². The van der Waals surface area contributed by atoms with E-state index in [1.165, 1.54) is 23.5 Å². The molecule has 0 unspecified atom stereocenters. The van der Waals surface area contributed by atoms with Gasteiger partial charge in [0.25, 0.3) is 0 Å². The number of thiazole rings is 1. The minimum Gasteiger partial charge on any atom is -0.323 e. The van der Waals surface area contributed by atoms with Gasteiger partial charge in [-0.1, -0.05) is 35.6 Å². The number of hydrogen-bond acceptors (Lipinski definition) is 4. The number of fused-ring (bicyclic) bond motifs is 1. The Bertz CT molecular complexity index is 894. The third-order valence-electron chi connectivity index (χ3n) is 4.70. The fraction of sp³-hybridized carbons (Fsp3) is 0.300. The Morgan fingerprint density at radius 3 is 2.70 bits per heavy atom. The maximum Gasteiger partial charge on any atom is 0.323 e. The number of anilines is 1. The Kier molecular flexibility index (Phi) is 5.31. The molecule has 1 aliphatic heterocycles. The van der Waals surface area contributed by atoms with Crippen molar-refractivity contribution in [2.75, 3.05) is 31.5 Å². The molecule has 0 atom stereocenters. The Morgan fingerprint density at radius 1 is 1.07 bits per heavy atom. The maximum atomic E-state index is 13.0. The molecule has 1 N–H and O–H groups in total. The third-order valence-corrected chi connectivity index (χ3v) is 5.65. The lowest BCUT2D eigenvalue weighted by atomic mass is 10.2. The van der Waals surface area contributed by atoms with Gasteiger partial charge in [0, 0.05) is 32.7 Å². The molecule has 0 bridgehead atoms. The first-order valence-electron chi connectivity index (χ1n) is 9.06. The summed E-state index contributed by atoms with van der Waals surface area (Å²) < 4.78 is 14.1. The van der Waals surface area contributed by atoms with Crippen molar-refractivity contribution in [1.29, 1.82) is 0 Å². The van der Waals surface area contributed by atoms with Gasteiger partial charge in [0.1, 0.15) is 5.82 Å². The van der Waals surface area contributed by atoms with E-state index in [9.17, 15) is 9.18 Å². The predicted octanol–water partition coefficient (Wildman–Crippen LogP) is 4.18. The Labute approximate surface area is 161 Å². The molecule has 2 amide bonds. The van der Waals surface area contributed by atoms with E-state index < -0.39 is 0 Å². The van der Waals surface area contributed by atoms with Gasteiger partial charge in [-0.25, -0.2) is 14.2 Å². The largest absolute Gasteiger partial charge is 0.323 e. The molecule has 1 saturated heterocycles. The Hall–Kier alpha value is -2.51. The first kappa shape index (κ1) is 17.9. The van der Waals surface area contributed by atoms with Gasteiger partial charge in [-0.05, 0) is 36.2 Å². The van der Waals surface area contributed by atoms with Gasteiger partial charge in [-0.2, -0.15) is 0 Å². The highest BCUT2D eigenvalue weighted by molar-refractivity contribution is 7.22. The molecule has 1 fully saturated rings. The highest BCUT2D eigenvalue weighted by Crippen LogP contribution is 2.25. The van der Waals surface area contributed by atoms with E-state index in [1.807, 2.05) is 41.3 Å². The lowest BCUT2D eigenvalue weighted by Gasteiger charge is -2.22. The van der Waals surface area contributed by atoms with Gasteiger partial charge >= 0.3 is 6.03 Å². The number of para-hydroxylation sites is 1. The van der Waals surface area contributed by atoms with Crippen LogP contribution in [-0.2, 0) is 6.54 Å². The summed E-state index contributed by atoms with van der Waals surface area (Å²) in [4.78, 5) is 21.2. The molecule has 2 heterocycles. The highest BCUT2D eigenvalue weighted by Gasteiger charge is 2.20. The second-order valence-corrected chi connectivity index (χ2v) is 7.69.